The second-order valence-electron chi connectivity index (χ2n) is 4.39. The molecule has 1 aromatic heterocycles. The summed E-state index contributed by atoms with van der Waals surface area (Å²) >= 11 is 0.380. The molecular weight excluding hydrogens is 346 g/mol. The number of thioether (sulfide) groups is 1. The van der Waals surface area contributed by atoms with Gasteiger partial charge in [-0.15, -0.1) is 11.8 Å². The molecule has 0 aliphatic heterocycles. The molecule has 2 rings (SSSR count). The van der Waals surface area contributed by atoms with Gasteiger partial charge < -0.3 is 0 Å². The largest absolute Gasteiger partial charge is 0.435 e. The molecule has 0 amide bonds. The monoisotopic (exact) mass is 354 g/mol. The van der Waals surface area contributed by atoms with E-state index in [1.807, 2.05) is 0 Å². The fraction of sp³-hybridized carbons (Fsp3) is 0.231. The van der Waals surface area contributed by atoms with Crippen molar-refractivity contribution < 1.29 is 31.1 Å². The van der Waals surface area contributed by atoms with Gasteiger partial charge in [-0.1, -0.05) is 0 Å². The Hall–Kier alpha value is -1.97. The molecule has 0 N–H and O–H groups in total. The third-order valence-corrected chi connectivity index (χ3v) is 3.80. The van der Waals surface area contributed by atoms with E-state index in [2.05, 4.69) is 5.10 Å². The van der Waals surface area contributed by atoms with Gasteiger partial charge in [-0.25, -0.2) is 4.68 Å². The van der Waals surface area contributed by atoms with Gasteiger partial charge in [0.1, 0.15) is 0 Å². The molecule has 10 heteroatoms. The highest BCUT2D eigenvalue weighted by Gasteiger charge is 2.33. The van der Waals surface area contributed by atoms with Gasteiger partial charge >= 0.3 is 12.4 Å². The van der Waals surface area contributed by atoms with Gasteiger partial charge in [-0.2, -0.15) is 31.4 Å². The first-order valence-corrected chi connectivity index (χ1v) is 7.01. The van der Waals surface area contributed by atoms with Crippen LogP contribution in [0.3, 0.4) is 0 Å². The number of benzene rings is 1. The number of aldehydes is 1. The van der Waals surface area contributed by atoms with Crippen LogP contribution in [-0.2, 0) is 6.18 Å². The molecule has 0 saturated heterocycles. The Balaban J connectivity index is 2.33. The topological polar surface area (TPSA) is 34.9 Å². The average Bonchev–Trinajstić information content (AvgIpc) is 2.94. The molecule has 124 valence electrons. The van der Waals surface area contributed by atoms with Crippen molar-refractivity contribution in [1.82, 2.24) is 9.78 Å². The molecule has 3 nitrogen and oxygen atoms in total. The van der Waals surface area contributed by atoms with Crippen molar-refractivity contribution in [1.29, 1.82) is 0 Å². The van der Waals surface area contributed by atoms with Gasteiger partial charge in [-0.3, -0.25) is 4.79 Å². The number of halogens is 6. The van der Waals surface area contributed by atoms with Gasteiger partial charge in [-0.05, 0) is 24.3 Å². The van der Waals surface area contributed by atoms with Crippen LogP contribution in [0.1, 0.15) is 16.1 Å². The number of carbonyl (C=O) groups excluding carboxylic acids is 1. The Labute approximate surface area is 130 Å². The van der Waals surface area contributed by atoms with Crippen LogP contribution < -0.4 is 0 Å². The molecule has 1 aromatic carbocycles. The predicted molar refractivity (Wildman–Crippen MR) is 70.7 cm³/mol. The summed E-state index contributed by atoms with van der Waals surface area (Å²) in [6, 6.07) is 4.47. The molecule has 0 aliphatic carbocycles. The summed E-state index contributed by atoms with van der Waals surface area (Å²) in [5, 5.41) is 3.33. The molecule has 0 aliphatic rings. The fourth-order valence-corrected chi connectivity index (χ4v) is 2.47. The number of carbonyl (C=O) groups is 1. The van der Waals surface area contributed by atoms with E-state index in [9.17, 15) is 31.1 Å². The highest BCUT2D eigenvalue weighted by atomic mass is 32.2. The number of aromatic nitrogens is 2. The van der Waals surface area contributed by atoms with E-state index in [1.54, 1.807) is 0 Å². The summed E-state index contributed by atoms with van der Waals surface area (Å²) in [6.07, 6.45) is -7.64. The lowest BCUT2D eigenvalue weighted by atomic mass is 10.2. The first kappa shape index (κ1) is 17.4. The van der Waals surface area contributed by atoms with E-state index in [4.69, 9.17) is 0 Å². The normalized spacial score (nSPS) is 12.4. The maximum atomic E-state index is 12.5. The van der Waals surface area contributed by atoms with Crippen molar-refractivity contribution in [2.45, 2.75) is 17.2 Å². The van der Waals surface area contributed by atoms with E-state index in [0.717, 1.165) is 16.9 Å². The smallest absolute Gasteiger partial charge is 0.298 e. The summed E-state index contributed by atoms with van der Waals surface area (Å²) in [7, 11) is 0. The third kappa shape index (κ3) is 4.50. The lowest BCUT2D eigenvalue weighted by Gasteiger charge is -2.10. The molecule has 0 fully saturated rings. The Kier molecular flexibility index (Phi) is 4.73. The van der Waals surface area contributed by atoms with E-state index in [0.29, 0.717) is 18.0 Å². The van der Waals surface area contributed by atoms with Crippen molar-refractivity contribution in [2.75, 3.05) is 5.75 Å². The highest BCUT2D eigenvalue weighted by Crippen LogP contribution is 2.31. The van der Waals surface area contributed by atoms with Crippen LogP contribution in [-0.4, -0.2) is 28.0 Å². The standard InChI is InChI=1S/C13H8F6N2OS/c14-12(15,16)7-23-10-5-9(2-1-8(10)6-22)21-4-3-11(20-21)13(17,18)19/h1-6H,7H2. The average molecular weight is 354 g/mol. The van der Waals surface area contributed by atoms with Crippen LogP contribution in [0.25, 0.3) is 5.69 Å². The molecule has 0 spiro atoms. The number of hydrogen-bond acceptors (Lipinski definition) is 3. The molecule has 23 heavy (non-hydrogen) atoms. The summed E-state index contributed by atoms with van der Waals surface area (Å²) in [4.78, 5) is 10.9. The van der Waals surface area contributed by atoms with Crippen molar-refractivity contribution >= 4 is 18.0 Å². The van der Waals surface area contributed by atoms with E-state index in [-0.39, 0.29) is 16.1 Å². The number of alkyl halides is 6. The van der Waals surface area contributed by atoms with E-state index >= 15 is 0 Å². The van der Waals surface area contributed by atoms with Crippen LogP contribution in [0.5, 0.6) is 0 Å². The van der Waals surface area contributed by atoms with Crippen molar-refractivity contribution in [3.8, 4) is 5.69 Å². The number of hydrogen-bond donors (Lipinski definition) is 0. The van der Waals surface area contributed by atoms with E-state index in [1.165, 1.54) is 18.2 Å². The maximum Gasteiger partial charge on any atom is 0.435 e. The lowest BCUT2D eigenvalue weighted by molar-refractivity contribution is -0.141. The Bertz CT molecular complexity index is 707. The molecule has 1 heterocycles. The first-order chi connectivity index (χ1) is 10.6. The molecular formula is C13H8F6N2OS. The van der Waals surface area contributed by atoms with Gasteiger partial charge in [0.15, 0.2) is 12.0 Å². The maximum absolute atomic E-state index is 12.5. The van der Waals surface area contributed by atoms with Gasteiger partial charge in [0.25, 0.3) is 0 Å². The zero-order valence-electron chi connectivity index (χ0n) is 11.1. The number of rotatable bonds is 4. The lowest BCUT2D eigenvalue weighted by Crippen LogP contribution is -2.11. The Morgan fingerprint density at radius 1 is 1.13 bits per heavy atom. The SMILES string of the molecule is O=Cc1ccc(-n2ccc(C(F)(F)F)n2)cc1SCC(F)(F)F. The quantitative estimate of drug-likeness (QED) is 0.465. The highest BCUT2D eigenvalue weighted by molar-refractivity contribution is 7.99. The van der Waals surface area contributed by atoms with Crippen molar-refractivity contribution in [2.24, 2.45) is 0 Å². The van der Waals surface area contributed by atoms with Gasteiger partial charge in [0, 0.05) is 16.7 Å². The minimum atomic E-state index is -4.62. The second-order valence-corrected chi connectivity index (χ2v) is 5.40. The summed E-state index contributed by atoms with van der Waals surface area (Å²) in [5.41, 5.74) is -0.983. The van der Waals surface area contributed by atoms with Crippen molar-refractivity contribution in [3.05, 3.63) is 41.7 Å². The third-order valence-electron chi connectivity index (χ3n) is 2.66. The molecule has 0 bridgehead atoms. The summed E-state index contributed by atoms with van der Waals surface area (Å²) < 4.78 is 75.3. The Morgan fingerprint density at radius 3 is 2.35 bits per heavy atom. The molecule has 0 atom stereocenters. The number of nitrogens with zero attached hydrogens (tertiary/aromatic N) is 2. The minimum absolute atomic E-state index is 0.0129. The van der Waals surface area contributed by atoms with Gasteiger partial charge in [0.05, 0.1) is 11.4 Å². The van der Waals surface area contributed by atoms with Crippen LogP contribution in [0.15, 0.2) is 35.4 Å². The zero-order chi connectivity index (χ0) is 17.3. The van der Waals surface area contributed by atoms with Crippen LogP contribution >= 0.6 is 11.8 Å². The van der Waals surface area contributed by atoms with Crippen LogP contribution in [0.4, 0.5) is 26.3 Å². The summed E-state index contributed by atoms with van der Waals surface area (Å²) in [6.45, 7) is 0. The van der Waals surface area contributed by atoms with Gasteiger partial charge in [0.2, 0.25) is 0 Å². The predicted octanol–water partition coefficient (Wildman–Crippen LogP) is 4.36. The second kappa shape index (κ2) is 6.26. The first-order valence-electron chi connectivity index (χ1n) is 6.02. The van der Waals surface area contributed by atoms with Crippen LogP contribution in [0, 0.1) is 0 Å². The molecule has 0 unspecified atom stereocenters. The summed E-state index contributed by atoms with van der Waals surface area (Å²) in [5.74, 6) is -1.22. The minimum Gasteiger partial charge on any atom is -0.298 e. The molecule has 0 saturated carbocycles. The zero-order valence-corrected chi connectivity index (χ0v) is 12.0. The molecule has 2 aromatic rings. The van der Waals surface area contributed by atoms with E-state index < -0.39 is 23.8 Å². The van der Waals surface area contributed by atoms with Crippen LogP contribution in [0.2, 0.25) is 0 Å². The van der Waals surface area contributed by atoms with Crippen molar-refractivity contribution in [3.63, 3.8) is 0 Å². The Morgan fingerprint density at radius 2 is 1.83 bits per heavy atom. The fourth-order valence-electron chi connectivity index (χ4n) is 1.67. The molecule has 0 radical (unpaired) electrons.